The standard InChI is InChI=1S/C13H17FN2/c1-3-9-15-10-11-16(4-2)13-8-6-5-7-12(13)14/h1,5-8,15H,4,9-11H2,2H3. The smallest absolute Gasteiger partial charge is 0.146 e. The highest BCUT2D eigenvalue weighted by atomic mass is 19.1. The molecule has 1 aromatic carbocycles. The topological polar surface area (TPSA) is 15.3 Å². The zero-order valence-corrected chi connectivity index (χ0v) is 9.54. The maximum atomic E-state index is 13.5. The van der Waals surface area contributed by atoms with Crippen LogP contribution in [-0.4, -0.2) is 26.2 Å². The van der Waals surface area contributed by atoms with E-state index in [-0.39, 0.29) is 5.82 Å². The first-order chi connectivity index (χ1) is 7.79. The van der Waals surface area contributed by atoms with Crippen LogP contribution < -0.4 is 10.2 Å². The second-order valence-corrected chi connectivity index (χ2v) is 3.41. The van der Waals surface area contributed by atoms with E-state index in [9.17, 15) is 4.39 Å². The van der Waals surface area contributed by atoms with Gasteiger partial charge in [0, 0.05) is 19.6 Å². The number of hydrogen-bond acceptors (Lipinski definition) is 2. The summed E-state index contributed by atoms with van der Waals surface area (Å²) in [5.41, 5.74) is 0.646. The van der Waals surface area contributed by atoms with Gasteiger partial charge in [-0.2, -0.15) is 0 Å². The lowest BCUT2D eigenvalue weighted by Gasteiger charge is -2.23. The zero-order chi connectivity index (χ0) is 11.8. The van der Waals surface area contributed by atoms with Crippen molar-refractivity contribution >= 4 is 5.69 Å². The highest BCUT2D eigenvalue weighted by Gasteiger charge is 2.07. The molecule has 86 valence electrons. The predicted molar refractivity (Wildman–Crippen MR) is 66.0 cm³/mol. The van der Waals surface area contributed by atoms with E-state index in [0.717, 1.165) is 19.6 Å². The maximum Gasteiger partial charge on any atom is 0.146 e. The molecular weight excluding hydrogens is 203 g/mol. The first-order valence-electron chi connectivity index (χ1n) is 5.43. The Morgan fingerprint density at radius 1 is 1.44 bits per heavy atom. The van der Waals surface area contributed by atoms with Gasteiger partial charge in [0.1, 0.15) is 5.82 Å². The van der Waals surface area contributed by atoms with Crippen LogP contribution in [0.15, 0.2) is 24.3 Å². The fourth-order valence-corrected chi connectivity index (χ4v) is 1.53. The van der Waals surface area contributed by atoms with E-state index in [2.05, 4.69) is 11.2 Å². The summed E-state index contributed by atoms with van der Waals surface area (Å²) >= 11 is 0. The van der Waals surface area contributed by atoms with Crippen molar-refractivity contribution in [3.05, 3.63) is 30.1 Å². The quantitative estimate of drug-likeness (QED) is 0.581. The third kappa shape index (κ3) is 3.56. The highest BCUT2D eigenvalue weighted by Crippen LogP contribution is 2.17. The average Bonchev–Trinajstić information content (AvgIpc) is 2.31. The summed E-state index contributed by atoms with van der Waals surface area (Å²) in [6.07, 6.45) is 5.13. The van der Waals surface area contributed by atoms with E-state index in [1.807, 2.05) is 17.9 Å². The van der Waals surface area contributed by atoms with Crippen LogP contribution in [0.2, 0.25) is 0 Å². The van der Waals surface area contributed by atoms with E-state index in [1.54, 1.807) is 12.1 Å². The van der Waals surface area contributed by atoms with Gasteiger partial charge in [0.25, 0.3) is 0 Å². The molecule has 0 unspecified atom stereocenters. The molecule has 0 fully saturated rings. The lowest BCUT2D eigenvalue weighted by atomic mass is 10.2. The highest BCUT2D eigenvalue weighted by molar-refractivity contribution is 5.47. The van der Waals surface area contributed by atoms with Crippen LogP contribution in [0.25, 0.3) is 0 Å². The van der Waals surface area contributed by atoms with Gasteiger partial charge in [-0.1, -0.05) is 18.1 Å². The molecule has 0 bridgehead atoms. The molecule has 0 aliphatic rings. The number of hydrogen-bond donors (Lipinski definition) is 1. The van der Waals surface area contributed by atoms with Crippen LogP contribution in [0.1, 0.15) is 6.92 Å². The minimum atomic E-state index is -0.179. The van der Waals surface area contributed by atoms with Crippen LogP contribution in [0, 0.1) is 18.2 Å². The summed E-state index contributed by atoms with van der Waals surface area (Å²) in [6.45, 7) is 4.84. The van der Waals surface area contributed by atoms with E-state index < -0.39 is 0 Å². The normalized spacial score (nSPS) is 9.81. The van der Waals surface area contributed by atoms with Gasteiger partial charge in [0.15, 0.2) is 0 Å². The molecule has 0 saturated heterocycles. The van der Waals surface area contributed by atoms with Crippen molar-refractivity contribution < 1.29 is 4.39 Å². The monoisotopic (exact) mass is 220 g/mol. The number of nitrogens with zero attached hydrogens (tertiary/aromatic N) is 1. The van der Waals surface area contributed by atoms with Crippen molar-refractivity contribution in [2.75, 3.05) is 31.1 Å². The van der Waals surface area contributed by atoms with Crippen molar-refractivity contribution in [1.82, 2.24) is 5.32 Å². The summed E-state index contributed by atoms with van der Waals surface area (Å²) in [4.78, 5) is 1.98. The molecule has 0 aliphatic carbocycles. The van der Waals surface area contributed by atoms with E-state index >= 15 is 0 Å². The van der Waals surface area contributed by atoms with Gasteiger partial charge in [-0.25, -0.2) is 4.39 Å². The Bertz CT molecular complexity index is 357. The second kappa shape index (κ2) is 6.86. The van der Waals surface area contributed by atoms with Crippen molar-refractivity contribution in [3.8, 4) is 12.3 Å². The van der Waals surface area contributed by atoms with Gasteiger partial charge in [-0.3, -0.25) is 0 Å². The number of nitrogens with one attached hydrogen (secondary N) is 1. The number of likely N-dealkylation sites (N-methyl/N-ethyl adjacent to an activating group) is 1. The number of para-hydroxylation sites is 1. The molecule has 0 spiro atoms. The van der Waals surface area contributed by atoms with Gasteiger partial charge in [0.2, 0.25) is 0 Å². The third-order valence-electron chi connectivity index (χ3n) is 2.36. The lowest BCUT2D eigenvalue weighted by molar-refractivity contribution is 0.614. The molecule has 3 heteroatoms. The maximum absolute atomic E-state index is 13.5. The van der Waals surface area contributed by atoms with Gasteiger partial charge in [0.05, 0.1) is 12.2 Å². The first kappa shape index (κ1) is 12.5. The van der Waals surface area contributed by atoms with E-state index in [0.29, 0.717) is 12.2 Å². The molecular formula is C13H17FN2. The minimum absolute atomic E-state index is 0.179. The van der Waals surface area contributed by atoms with Crippen molar-refractivity contribution in [2.24, 2.45) is 0 Å². The lowest BCUT2D eigenvalue weighted by Crippen LogP contribution is -2.32. The molecule has 1 aromatic rings. The molecule has 0 saturated carbocycles. The van der Waals surface area contributed by atoms with Crippen molar-refractivity contribution in [1.29, 1.82) is 0 Å². The Kier molecular flexibility index (Phi) is 5.38. The SMILES string of the molecule is C#CCNCCN(CC)c1ccccc1F. The third-order valence-corrected chi connectivity index (χ3v) is 2.36. The molecule has 0 radical (unpaired) electrons. The van der Waals surface area contributed by atoms with Gasteiger partial charge in [-0.15, -0.1) is 6.42 Å². The zero-order valence-electron chi connectivity index (χ0n) is 9.54. The van der Waals surface area contributed by atoms with Crippen LogP contribution in [0.3, 0.4) is 0 Å². The molecule has 0 atom stereocenters. The number of halogens is 1. The van der Waals surface area contributed by atoms with Crippen LogP contribution >= 0.6 is 0 Å². The molecule has 2 nitrogen and oxygen atoms in total. The summed E-state index contributed by atoms with van der Waals surface area (Å²) in [5, 5.41) is 3.09. The van der Waals surface area contributed by atoms with Crippen molar-refractivity contribution in [3.63, 3.8) is 0 Å². The number of terminal acetylenes is 1. The van der Waals surface area contributed by atoms with Gasteiger partial charge >= 0.3 is 0 Å². The first-order valence-corrected chi connectivity index (χ1v) is 5.43. The van der Waals surface area contributed by atoms with Gasteiger partial charge < -0.3 is 10.2 Å². The van der Waals surface area contributed by atoms with Crippen LogP contribution in [0.5, 0.6) is 0 Å². The molecule has 0 heterocycles. The Balaban J connectivity index is 2.55. The molecule has 1 N–H and O–H groups in total. The summed E-state index contributed by atoms with van der Waals surface area (Å²) in [6, 6.07) is 6.81. The minimum Gasteiger partial charge on any atom is -0.368 e. The Morgan fingerprint density at radius 3 is 2.81 bits per heavy atom. The molecule has 16 heavy (non-hydrogen) atoms. The number of anilines is 1. The number of benzene rings is 1. The van der Waals surface area contributed by atoms with Crippen LogP contribution in [-0.2, 0) is 0 Å². The number of rotatable bonds is 6. The molecule has 0 amide bonds. The Hall–Kier alpha value is -1.53. The molecule has 0 aliphatic heterocycles. The summed E-state index contributed by atoms with van der Waals surface area (Å²) < 4.78 is 13.5. The fourth-order valence-electron chi connectivity index (χ4n) is 1.53. The molecule has 1 rings (SSSR count). The van der Waals surface area contributed by atoms with E-state index in [4.69, 9.17) is 6.42 Å². The van der Waals surface area contributed by atoms with Gasteiger partial charge in [-0.05, 0) is 19.1 Å². The summed E-state index contributed by atoms with van der Waals surface area (Å²) in [5.74, 6) is 2.33. The average molecular weight is 220 g/mol. The Labute approximate surface area is 96.5 Å². The second-order valence-electron chi connectivity index (χ2n) is 3.41. The molecule has 0 aromatic heterocycles. The van der Waals surface area contributed by atoms with Crippen molar-refractivity contribution in [2.45, 2.75) is 6.92 Å². The predicted octanol–water partition coefficient (Wildman–Crippen LogP) is 1.87. The largest absolute Gasteiger partial charge is 0.368 e. The Morgan fingerprint density at radius 2 is 2.19 bits per heavy atom. The fraction of sp³-hybridized carbons (Fsp3) is 0.385. The summed E-state index contributed by atoms with van der Waals surface area (Å²) in [7, 11) is 0. The van der Waals surface area contributed by atoms with E-state index in [1.165, 1.54) is 6.07 Å². The van der Waals surface area contributed by atoms with Crippen LogP contribution in [0.4, 0.5) is 10.1 Å².